The standard InChI is InChI=1S/C20H18F3NO5/c21-20(22,23)29-15-5-3-14(4-6-15)24-19(26)9-7-16(25)13-2-8-17-18(12-13)28-11-1-10-27-17/h2-6,8,12H,1,7,9-11H2,(H,24,26). The van der Waals surface area contributed by atoms with Crippen molar-refractivity contribution in [3.8, 4) is 17.2 Å². The van der Waals surface area contributed by atoms with Crippen LogP contribution >= 0.6 is 0 Å². The van der Waals surface area contributed by atoms with Gasteiger partial charge in [-0.15, -0.1) is 13.2 Å². The van der Waals surface area contributed by atoms with Crippen LogP contribution < -0.4 is 19.5 Å². The first-order valence-corrected chi connectivity index (χ1v) is 8.89. The van der Waals surface area contributed by atoms with Crippen molar-refractivity contribution >= 4 is 17.4 Å². The van der Waals surface area contributed by atoms with E-state index in [2.05, 4.69) is 10.1 Å². The highest BCUT2D eigenvalue weighted by molar-refractivity contribution is 6.00. The van der Waals surface area contributed by atoms with Gasteiger partial charge in [-0.05, 0) is 42.5 Å². The third-order valence-electron chi connectivity index (χ3n) is 4.02. The molecule has 6 nitrogen and oxygen atoms in total. The van der Waals surface area contributed by atoms with Gasteiger partial charge in [-0.2, -0.15) is 0 Å². The van der Waals surface area contributed by atoms with Gasteiger partial charge in [0.25, 0.3) is 0 Å². The number of anilines is 1. The van der Waals surface area contributed by atoms with Gasteiger partial charge in [0, 0.05) is 30.5 Å². The predicted molar refractivity (Wildman–Crippen MR) is 97.4 cm³/mol. The quantitative estimate of drug-likeness (QED) is 0.719. The first-order chi connectivity index (χ1) is 13.8. The largest absolute Gasteiger partial charge is 0.573 e. The second-order valence-corrected chi connectivity index (χ2v) is 6.26. The van der Waals surface area contributed by atoms with Crippen LogP contribution in [-0.2, 0) is 4.79 Å². The molecule has 0 bridgehead atoms. The summed E-state index contributed by atoms with van der Waals surface area (Å²) in [5, 5.41) is 2.52. The number of Topliss-reactive ketones (excluding diaryl/α,β-unsaturated/α-hetero) is 1. The molecule has 1 aliphatic rings. The predicted octanol–water partition coefficient (Wildman–Crippen LogP) is 4.35. The van der Waals surface area contributed by atoms with Crippen LogP contribution in [0.15, 0.2) is 42.5 Å². The number of rotatable bonds is 6. The second kappa shape index (κ2) is 8.85. The van der Waals surface area contributed by atoms with Gasteiger partial charge in [-0.1, -0.05) is 0 Å². The molecule has 0 unspecified atom stereocenters. The van der Waals surface area contributed by atoms with E-state index >= 15 is 0 Å². The molecule has 29 heavy (non-hydrogen) atoms. The lowest BCUT2D eigenvalue weighted by atomic mass is 10.1. The second-order valence-electron chi connectivity index (χ2n) is 6.26. The Morgan fingerprint density at radius 3 is 2.34 bits per heavy atom. The Hall–Kier alpha value is -3.23. The summed E-state index contributed by atoms with van der Waals surface area (Å²) < 4.78 is 51.2. The van der Waals surface area contributed by atoms with Gasteiger partial charge in [0.15, 0.2) is 17.3 Å². The molecule has 0 saturated carbocycles. The van der Waals surface area contributed by atoms with E-state index in [1.54, 1.807) is 18.2 Å². The minimum absolute atomic E-state index is 0.0270. The lowest BCUT2D eigenvalue weighted by Crippen LogP contribution is -2.17. The monoisotopic (exact) mass is 409 g/mol. The number of ketones is 1. The minimum atomic E-state index is -4.78. The maximum atomic E-state index is 12.4. The summed E-state index contributed by atoms with van der Waals surface area (Å²) in [6.07, 6.45) is -4.13. The minimum Gasteiger partial charge on any atom is -0.490 e. The Kier molecular flexibility index (Phi) is 6.26. The van der Waals surface area contributed by atoms with Crippen molar-refractivity contribution in [2.75, 3.05) is 18.5 Å². The van der Waals surface area contributed by atoms with Gasteiger partial charge >= 0.3 is 6.36 Å². The molecule has 0 fully saturated rings. The number of amides is 1. The normalized spacial score (nSPS) is 13.3. The fourth-order valence-corrected chi connectivity index (χ4v) is 2.67. The molecule has 154 valence electrons. The van der Waals surface area contributed by atoms with Crippen LogP contribution in [0.2, 0.25) is 0 Å². The number of halogens is 3. The van der Waals surface area contributed by atoms with Crippen LogP contribution in [0.1, 0.15) is 29.6 Å². The van der Waals surface area contributed by atoms with Crippen molar-refractivity contribution in [3.05, 3.63) is 48.0 Å². The van der Waals surface area contributed by atoms with Crippen molar-refractivity contribution in [1.82, 2.24) is 0 Å². The van der Waals surface area contributed by atoms with Crippen molar-refractivity contribution in [2.24, 2.45) is 0 Å². The Morgan fingerprint density at radius 2 is 1.66 bits per heavy atom. The van der Waals surface area contributed by atoms with Crippen LogP contribution in [0.3, 0.4) is 0 Å². The molecule has 2 aromatic rings. The van der Waals surface area contributed by atoms with Crippen LogP contribution in [0.5, 0.6) is 17.2 Å². The van der Waals surface area contributed by atoms with Crippen LogP contribution in [0.4, 0.5) is 18.9 Å². The van der Waals surface area contributed by atoms with E-state index in [1.807, 2.05) is 0 Å². The summed E-state index contributed by atoms with van der Waals surface area (Å²) >= 11 is 0. The van der Waals surface area contributed by atoms with Crippen LogP contribution in [0.25, 0.3) is 0 Å². The zero-order valence-electron chi connectivity index (χ0n) is 15.3. The number of hydrogen-bond donors (Lipinski definition) is 1. The van der Waals surface area contributed by atoms with E-state index < -0.39 is 12.3 Å². The average molecular weight is 409 g/mol. The highest BCUT2D eigenvalue weighted by Gasteiger charge is 2.31. The number of alkyl halides is 3. The Labute approximate surface area is 164 Å². The van der Waals surface area contributed by atoms with Crippen molar-refractivity contribution in [1.29, 1.82) is 0 Å². The number of ether oxygens (including phenoxy) is 3. The van der Waals surface area contributed by atoms with Gasteiger partial charge in [0.1, 0.15) is 5.75 Å². The molecule has 9 heteroatoms. The summed E-state index contributed by atoms with van der Waals surface area (Å²) in [5.41, 5.74) is 0.711. The Morgan fingerprint density at radius 1 is 0.966 bits per heavy atom. The van der Waals surface area contributed by atoms with E-state index in [4.69, 9.17) is 9.47 Å². The molecule has 0 atom stereocenters. The van der Waals surface area contributed by atoms with Gasteiger partial charge in [-0.25, -0.2) is 0 Å². The van der Waals surface area contributed by atoms with E-state index in [0.29, 0.717) is 36.0 Å². The van der Waals surface area contributed by atoms with Crippen molar-refractivity contribution < 1.29 is 37.0 Å². The van der Waals surface area contributed by atoms with Crippen LogP contribution in [0, 0.1) is 0 Å². The number of carbonyl (C=O) groups excluding carboxylic acids is 2. The number of hydrogen-bond acceptors (Lipinski definition) is 5. The first kappa shape index (κ1) is 20.5. The molecule has 0 saturated heterocycles. The first-order valence-electron chi connectivity index (χ1n) is 8.89. The smallest absolute Gasteiger partial charge is 0.490 e. The molecular weight excluding hydrogens is 391 g/mol. The number of fused-ring (bicyclic) bond motifs is 1. The molecular formula is C20H18F3NO5. The summed E-state index contributed by atoms with van der Waals surface area (Å²) in [6.45, 7) is 1.05. The molecule has 0 aliphatic carbocycles. The number of carbonyl (C=O) groups is 2. The Bertz CT molecular complexity index is 881. The molecule has 0 spiro atoms. The molecule has 0 radical (unpaired) electrons. The molecule has 2 aromatic carbocycles. The van der Waals surface area contributed by atoms with E-state index in [0.717, 1.165) is 18.6 Å². The summed E-state index contributed by atoms with van der Waals surface area (Å²) in [4.78, 5) is 24.4. The summed E-state index contributed by atoms with van der Waals surface area (Å²) in [6, 6.07) is 9.62. The fourth-order valence-electron chi connectivity index (χ4n) is 2.67. The molecule has 1 amide bonds. The molecule has 1 N–H and O–H groups in total. The average Bonchev–Trinajstić information content (AvgIpc) is 2.91. The van der Waals surface area contributed by atoms with Crippen molar-refractivity contribution in [2.45, 2.75) is 25.6 Å². The number of nitrogens with one attached hydrogen (secondary N) is 1. The lowest BCUT2D eigenvalue weighted by Gasteiger charge is -2.10. The fraction of sp³-hybridized carbons (Fsp3) is 0.300. The van der Waals surface area contributed by atoms with Gasteiger partial charge < -0.3 is 19.5 Å². The van der Waals surface area contributed by atoms with Gasteiger partial charge in [-0.3, -0.25) is 9.59 Å². The highest BCUT2D eigenvalue weighted by atomic mass is 19.4. The van der Waals surface area contributed by atoms with E-state index in [9.17, 15) is 22.8 Å². The molecule has 1 heterocycles. The third-order valence-corrected chi connectivity index (χ3v) is 4.02. The Balaban J connectivity index is 1.51. The summed E-state index contributed by atoms with van der Waals surface area (Å²) in [7, 11) is 0. The van der Waals surface area contributed by atoms with Gasteiger partial charge in [0.2, 0.25) is 5.91 Å². The SMILES string of the molecule is O=C(CCC(=O)c1ccc2c(c1)OCCCO2)Nc1ccc(OC(F)(F)F)cc1. The molecule has 0 aromatic heterocycles. The number of benzene rings is 2. The van der Waals surface area contributed by atoms with E-state index in [1.165, 1.54) is 12.1 Å². The molecule has 3 rings (SSSR count). The zero-order valence-corrected chi connectivity index (χ0v) is 15.3. The third kappa shape index (κ3) is 6.13. The van der Waals surface area contributed by atoms with Gasteiger partial charge in [0.05, 0.1) is 13.2 Å². The maximum absolute atomic E-state index is 12.4. The zero-order chi connectivity index (χ0) is 20.9. The maximum Gasteiger partial charge on any atom is 0.573 e. The van der Waals surface area contributed by atoms with Crippen molar-refractivity contribution in [3.63, 3.8) is 0 Å². The summed E-state index contributed by atoms with van der Waals surface area (Å²) in [5.74, 6) is 0.0238. The van der Waals surface area contributed by atoms with E-state index in [-0.39, 0.29) is 24.4 Å². The highest BCUT2D eigenvalue weighted by Crippen LogP contribution is 2.31. The van der Waals surface area contributed by atoms with Crippen LogP contribution in [-0.4, -0.2) is 31.3 Å². The molecule has 1 aliphatic heterocycles. The lowest BCUT2D eigenvalue weighted by molar-refractivity contribution is -0.274. The topological polar surface area (TPSA) is 73.9 Å².